The van der Waals surface area contributed by atoms with Gasteiger partial charge < -0.3 is 19.4 Å². The first kappa shape index (κ1) is 20.5. The van der Waals surface area contributed by atoms with E-state index in [1.165, 1.54) is 16.5 Å². The first-order chi connectivity index (χ1) is 14.4. The molecule has 1 aromatic heterocycles. The van der Waals surface area contributed by atoms with Crippen molar-refractivity contribution >= 4 is 51.8 Å². The number of nitrogens with one attached hydrogen (secondary N) is 1. The summed E-state index contributed by atoms with van der Waals surface area (Å²) in [6.45, 7) is 2.89. The van der Waals surface area contributed by atoms with Gasteiger partial charge in [-0.25, -0.2) is 4.79 Å². The van der Waals surface area contributed by atoms with Gasteiger partial charge in [-0.15, -0.1) is 0 Å². The lowest BCUT2D eigenvalue weighted by atomic mass is 9.69. The molecule has 6 rings (SSSR count). The van der Waals surface area contributed by atoms with Crippen molar-refractivity contribution in [2.45, 2.75) is 35.7 Å². The standard InChI is InChI=1S/C22H23Cl3N2O3/c1-2-12-9-27(21(28)30-11-22(23,24)25)18-7-15-13-5-3-4-6-17(13)26-20(15)19-8-14(12)16(18)10-29-19/h2-6,14,16,18-19,26H,7-11H2,1H3/b12-2-/t14-,16-,18-,19-/m0/s1. The lowest BCUT2D eigenvalue weighted by molar-refractivity contribution is -0.0841. The molecule has 160 valence electrons. The number of ether oxygens (including phenoxy) is 2. The highest BCUT2D eigenvalue weighted by atomic mass is 35.6. The third kappa shape index (κ3) is 3.50. The second kappa shape index (κ2) is 7.63. The van der Waals surface area contributed by atoms with E-state index in [1.807, 2.05) is 19.1 Å². The maximum absolute atomic E-state index is 13.0. The van der Waals surface area contributed by atoms with E-state index in [0.717, 1.165) is 24.1 Å². The lowest BCUT2D eigenvalue weighted by Crippen LogP contribution is -2.57. The fraction of sp³-hybridized carbons (Fsp3) is 0.500. The average Bonchev–Trinajstić information content (AvgIpc) is 3.07. The molecule has 4 atom stereocenters. The molecule has 0 spiro atoms. The van der Waals surface area contributed by atoms with Crippen LogP contribution < -0.4 is 0 Å². The number of benzene rings is 1. The fourth-order valence-electron chi connectivity index (χ4n) is 5.40. The number of alkyl halides is 3. The molecule has 30 heavy (non-hydrogen) atoms. The summed E-state index contributed by atoms with van der Waals surface area (Å²) < 4.78 is 10.1. The van der Waals surface area contributed by atoms with Crippen LogP contribution in [0, 0.1) is 11.8 Å². The molecule has 2 aromatic rings. The monoisotopic (exact) mass is 468 g/mol. The first-order valence-corrected chi connectivity index (χ1v) is 11.4. The normalized spacial score (nSPS) is 29.6. The molecular weight excluding hydrogens is 447 g/mol. The van der Waals surface area contributed by atoms with Gasteiger partial charge in [0.15, 0.2) is 0 Å². The van der Waals surface area contributed by atoms with Crippen molar-refractivity contribution < 1.29 is 14.3 Å². The topological polar surface area (TPSA) is 54.6 Å². The van der Waals surface area contributed by atoms with Crippen LogP contribution in [0.15, 0.2) is 35.9 Å². The lowest BCUT2D eigenvalue weighted by Gasteiger charge is -2.51. The third-order valence-corrected chi connectivity index (χ3v) is 7.07. The largest absolute Gasteiger partial charge is 0.445 e. The molecule has 4 heterocycles. The number of carbonyl (C=O) groups is 1. The molecule has 4 bridgehead atoms. The van der Waals surface area contributed by atoms with Gasteiger partial charge >= 0.3 is 6.09 Å². The Kier molecular flexibility index (Phi) is 5.21. The summed E-state index contributed by atoms with van der Waals surface area (Å²) in [4.78, 5) is 18.4. The Labute approximate surface area is 190 Å². The molecule has 1 aliphatic carbocycles. The molecule has 0 unspecified atom stereocenters. The number of nitrogens with zero attached hydrogens (tertiary/aromatic N) is 1. The number of aromatic nitrogens is 1. The molecule has 1 amide bonds. The summed E-state index contributed by atoms with van der Waals surface area (Å²) in [5.41, 5.74) is 4.71. The third-order valence-electron chi connectivity index (χ3n) is 6.74. The fourth-order valence-corrected chi connectivity index (χ4v) is 5.57. The Bertz CT molecular complexity index is 1010. The highest BCUT2D eigenvalue weighted by Gasteiger charge is 2.49. The quantitative estimate of drug-likeness (QED) is 0.440. The van der Waals surface area contributed by atoms with Crippen LogP contribution in [0.2, 0.25) is 0 Å². The summed E-state index contributed by atoms with van der Waals surface area (Å²) >= 11 is 17.4. The molecule has 2 saturated heterocycles. The van der Waals surface area contributed by atoms with Crippen LogP contribution in [-0.2, 0) is 15.9 Å². The summed E-state index contributed by atoms with van der Waals surface area (Å²) in [5, 5.41) is 1.19. The highest BCUT2D eigenvalue weighted by molar-refractivity contribution is 6.67. The molecule has 8 heteroatoms. The Hall–Kier alpha value is -1.40. The molecular formula is C22H23Cl3N2O3. The summed E-state index contributed by atoms with van der Waals surface area (Å²) in [6.07, 6.45) is 3.39. The van der Waals surface area contributed by atoms with Gasteiger partial charge in [0.1, 0.15) is 6.61 Å². The van der Waals surface area contributed by atoms with Crippen molar-refractivity contribution in [1.29, 1.82) is 0 Å². The summed E-state index contributed by atoms with van der Waals surface area (Å²) in [6, 6.07) is 8.25. The second-order valence-corrected chi connectivity index (χ2v) is 10.8. The smallest absolute Gasteiger partial charge is 0.410 e. The van der Waals surface area contributed by atoms with Crippen molar-refractivity contribution in [2.24, 2.45) is 11.8 Å². The second-order valence-electron chi connectivity index (χ2n) is 8.32. The SMILES string of the molecule is C/C=C1/CN(C(=O)OCC(Cl)(Cl)Cl)[C@H]2Cc3c([nH]c4ccccc34)[C@@H]3C[C@@H]1[C@@H]2CO3. The van der Waals surface area contributed by atoms with E-state index in [9.17, 15) is 4.79 Å². The summed E-state index contributed by atoms with van der Waals surface area (Å²) in [7, 11) is 0. The Balaban J connectivity index is 1.56. The number of hydrogen-bond acceptors (Lipinski definition) is 3. The van der Waals surface area contributed by atoms with Gasteiger partial charge in [0.25, 0.3) is 0 Å². The van der Waals surface area contributed by atoms with Gasteiger partial charge in [0.2, 0.25) is 3.79 Å². The number of carbonyl (C=O) groups excluding carboxylic acids is 1. The van der Waals surface area contributed by atoms with Crippen LogP contribution in [0.3, 0.4) is 0 Å². The minimum Gasteiger partial charge on any atom is -0.445 e. The van der Waals surface area contributed by atoms with Crippen LogP contribution in [0.4, 0.5) is 4.79 Å². The van der Waals surface area contributed by atoms with E-state index in [1.54, 1.807) is 4.90 Å². The van der Waals surface area contributed by atoms with Crippen molar-refractivity contribution in [3.63, 3.8) is 0 Å². The Morgan fingerprint density at radius 3 is 2.93 bits per heavy atom. The first-order valence-electron chi connectivity index (χ1n) is 10.2. The van der Waals surface area contributed by atoms with E-state index in [0.29, 0.717) is 19.1 Å². The number of halogens is 3. The van der Waals surface area contributed by atoms with Gasteiger partial charge in [0.05, 0.1) is 12.7 Å². The number of aromatic amines is 1. The number of piperidine rings is 1. The van der Waals surface area contributed by atoms with Crippen molar-refractivity contribution in [2.75, 3.05) is 19.8 Å². The van der Waals surface area contributed by atoms with Crippen molar-refractivity contribution in [3.05, 3.63) is 47.2 Å². The van der Waals surface area contributed by atoms with Gasteiger partial charge in [-0.05, 0) is 37.3 Å². The molecule has 4 aliphatic rings. The predicted molar refractivity (Wildman–Crippen MR) is 118 cm³/mol. The van der Waals surface area contributed by atoms with Crippen LogP contribution >= 0.6 is 34.8 Å². The van der Waals surface area contributed by atoms with Gasteiger partial charge in [-0.2, -0.15) is 0 Å². The number of hydrogen-bond donors (Lipinski definition) is 1. The number of rotatable bonds is 1. The van der Waals surface area contributed by atoms with E-state index >= 15 is 0 Å². The highest BCUT2D eigenvalue weighted by Crippen LogP contribution is 2.49. The number of H-pyrrole nitrogens is 1. The van der Waals surface area contributed by atoms with Crippen LogP contribution in [-0.4, -0.2) is 45.6 Å². The zero-order valence-corrected chi connectivity index (χ0v) is 18.8. The zero-order valence-electron chi connectivity index (χ0n) is 16.5. The van der Waals surface area contributed by atoms with Crippen molar-refractivity contribution in [3.8, 4) is 0 Å². The maximum atomic E-state index is 13.0. The molecule has 5 nitrogen and oxygen atoms in total. The van der Waals surface area contributed by atoms with Crippen LogP contribution in [0.5, 0.6) is 0 Å². The minimum atomic E-state index is -1.64. The molecule has 0 radical (unpaired) electrons. The van der Waals surface area contributed by atoms with E-state index in [-0.39, 0.29) is 24.7 Å². The molecule has 2 fully saturated rings. The van der Waals surface area contributed by atoms with Crippen LogP contribution in [0.25, 0.3) is 10.9 Å². The number of likely N-dealkylation sites (tertiary alicyclic amines) is 1. The maximum Gasteiger partial charge on any atom is 0.410 e. The van der Waals surface area contributed by atoms with E-state index in [4.69, 9.17) is 44.3 Å². The number of allylic oxidation sites excluding steroid dienone is 1. The number of para-hydroxylation sites is 1. The number of amides is 1. The van der Waals surface area contributed by atoms with Crippen LogP contribution in [0.1, 0.15) is 30.7 Å². The predicted octanol–water partition coefficient (Wildman–Crippen LogP) is 5.56. The summed E-state index contributed by atoms with van der Waals surface area (Å²) in [5.74, 6) is 0.596. The van der Waals surface area contributed by atoms with Gasteiger partial charge in [0, 0.05) is 35.1 Å². The van der Waals surface area contributed by atoms with Crippen molar-refractivity contribution in [1.82, 2.24) is 9.88 Å². The zero-order chi connectivity index (χ0) is 21.0. The Morgan fingerprint density at radius 1 is 1.37 bits per heavy atom. The molecule has 1 N–H and O–H groups in total. The minimum absolute atomic E-state index is 0.0409. The van der Waals surface area contributed by atoms with Gasteiger partial charge in [-0.3, -0.25) is 0 Å². The number of fused-ring (bicyclic) bond motifs is 2. The van der Waals surface area contributed by atoms with E-state index in [2.05, 4.69) is 23.2 Å². The average molecular weight is 470 g/mol. The van der Waals surface area contributed by atoms with Gasteiger partial charge in [-0.1, -0.05) is 64.7 Å². The van der Waals surface area contributed by atoms with E-state index < -0.39 is 9.89 Å². The molecule has 1 aromatic carbocycles. The Morgan fingerprint density at radius 2 is 2.17 bits per heavy atom. The molecule has 3 aliphatic heterocycles. The molecule has 0 saturated carbocycles.